The zero-order valence-corrected chi connectivity index (χ0v) is 11.9. The Morgan fingerprint density at radius 2 is 1.94 bits per heavy atom. The fourth-order valence-electron chi connectivity index (χ4n) is 3.43. The molecular formula is C14H19BrN2O. The fourth-order valence-corrected chi connectivity index (χ4v) is 3.96. The van der Waals surface area contributed by atoms with Gasteiger partial charge in [-0.15, -0.1) is 0 Å². The zero-order valence-electron chi connectivity index (χ0n) is 10.3. The van der Waals surface area contributed by atoms with Gasteiger partial charge in [-0.25, -0.2) is 0 Å². The molecule has 3 rings (SSSR count). The van der Waals surface area contributed by atoms with Gasteiger partial charge in [0.1, 0.15) is 0 Å². The average Bonchev–Trinajstić information content (AvgIpc) is 2.61. The molecule has 0 radical (unpaired) electrons. The van der Waals surface area contributed by atoms with Gasteiger partial charge in [0, 0.05) is 28.8 Å². The molecule has 1 aromatic rings. The Bertz CT molecular complexity index is 437. The van der Waals surface area contributed by atoms with Crippen LogP contribution in [0.3, 0.4) is 0 Å². The van der Waals surface area contributed by atoms with E-state index in [9.17, 15) is 5.11 Å². The van der Waals surface area contributed by atoms with Crippen molar-refractivity contribution < 1.29 is 5.11 Å². The second-order valence-electron chi connectivity index (χ2n) is 5.40. The van der Waals surface area contributed by atoms with Gasteiger partial charge in [-0.3, -0.25) is 0 Å². The van der Waals surface area contributed by atoms with Gasteiger partial charge in [-0.1, -0.05) is 22.0 Å². The van der Waals surface area contributed by atoms with E-state index in [0.717, 1.165) is 22.9 Å². The lowest BCUT2D eigenvalue weighted by atomic mass is 9.99. The first-order chi connectivity index (χ1) is 8.69. The molecule has 1 aromatic carbocycles. The first-order valence-corrected chi connectivity index (χ1v) is 7.43. The lowest BCUT2D eigenvalue weighted by molar-refractivity contribution is 0.126. The van der Waals surface area contributed by atoms with Gasteiger partial charge in [-0.2, -0.15) is 0 Å². The summed E-state index contributed by atoms with van der Waals surface area (Å²) >= 11 is 3.59. The van der Waals surface area contributed by atoms with Crippen LogP contribution in [0.1, 0.15) is 31.2 Å². The summed E-state index contributed by atoms with van der Waals surface area (Å²) in [5.74, 6) is 0. The molecule has 3 nitrogen and oxygen atoms in total. The molecule has 4 heteroatoms. The van der Waals surface area contributed by atoms with Crippen LogP contribution in [-0.2, 0) is 6.54 Å². The summed E-state index contributed by atoms with van der Waals surface area (Å²) in [4.78, 5) is 2.50. The fraction of sp³-hybridized carbons (Fsp3) is 0.571. The van der Waals surface area contributed by atoms with Crippen molar-refractivity contribution in [2.24, 2.45) is 5.73 Å². The van der Waals surface area contributed by atoms with Gasteiger partial charge in [0.05, 0.1) is 6.10 Å². The van der Waals surface area contributed by atoms with Crippen LogP contribution in [0.4, 0.5) is 5.69 Å². The number of anilines is 1. The first kappa shape index (κ1) is 12.5. The SMILES string of the molecule is NCc1ccc(N2C3CCC2CC(O)C3)cc1Br. The van der Waals surface area contributed by atoms with Gasteiger partial charge in [0.15, 0.2) is 0 Å². The molecule has 18 heavy (non-hydrogen) atoms. The van der Waals surface area contributed by atoms with E-state index in [1.165, 1.54) is 18.5 Å². The van der Waals surface area contributed by atoms with Gasteiger partial charge in [-0.05, 0) is 43.4 Å². The number of halogens is 1. The molecule has 2 aliphatic heterocycles. The number of aliphatic hydroxyl groups is 1. The van der Waals surface area contributed by atoms with Crippen molar-refractivity contribution in [2.75, 3.05) is 4.90 Å². The lowest BCUT2D eigenvalue weighted by Crippen LogP contribution is -2.44. The standard InChI is InChI=1S/C14H19BrN2O/c15-14-7-12(2-1-9(14)8-16)17-10-3-4-11(17)6-13(18)5-10/h1-2,7,10-11,13,18H,3-6,8,16H2. The second kappa shape index (κ2) is 4.83. The van der Waals surface area contributed by atoms with E-state index in [1.807, 2.05) is 0 Å². The van der Waals surface area contributed by atoms with Crippen molar-refractivity contribution >= 4 is 21.6 Å². The predicted octanol–water partition coefficient (Wildman–Crippen LogP) is 2.40. The topological polar surface area (TPSA) is 49.5 Å². The Morgan fingerprint density at radius 1 is 1.28 bits per heavy atom. The second-order valence-corrected chi connectivity index (χ2v) is 6.25. The van der Waals surface area contributed by atoms with Crippen LogP contribution < -0.4 is 10.6 Å². The van der Waals surface area contributed by atoms with Crippen molar-refractivity contribution in [1.29, 1.82) is 0 Å². The Hall–Kier alpha value is -0.580. The first-order valence-electron chi connectivity index (χ1n) is 6.64. The number of nitrogens with two attached hydrogens (primary N) is 1. The molecular weight excluding hydrogens is 292 g/mol. The Morgan fingerprint density at radius 3 is 2.50 bits per heavy atom. The zero-order chi connectivity index (χ0) is 12.7. The highest BCUT2D eigenvalue weighted by molar-refractivity contribution is 9.10. The maximum atomic E-state index is 9.84. The van der Waals surface area contributed by atoms with Crippen molar-refractivity contribution in [1.82, 2.24) is 0 Å². The van der Waals surface area contributed by atoms with E-state index in [-0.39, 0.29) is 6.10 Å². The Balaban J connectivity index is 1.89. The van der Waals surface area contributed by atoms with Gasteiger partial charge >= 0.3 is 0 Å². The van der Waals surface area contributed by atoms with E-state index in [1.54, 1.807) is 0 Å². The number of benzene rings is 1. The third kappa shape index (κ3) is 2.06. The van der Waals surface area contributed by atoms with Crippen molar-refractivity contribution in [3.63, 3.8) is 0 Å². The predicted molar refractivity (Wildman–Crippen MR) is 76.6 cm³/mol. The largest absolute Gasteiger partial charge is 0.393 e. The molecule has 0 amide bonds. The molecule has 0 saturated carbocycles. The summed E-state index contributed by atoms with van der Waals surface area (Å²) < 4.78 is 1.09. The molecule has 0 spiro atoms. The molecule has 2 heterocycles. The maximum Gasteiger partial charge on any atom is 0.0579 e. The highest BCUT2D eigenvalue weighted by atomic mass is 79.9. The number of fused-ring (bicyclic) bond motifs is 2. The summed E-state index contributed by atoms with van der Waals surface area (Å²) in [5.41, 5.74) is 8.09. The normalized spacial score (nSPS) is 30.8. The summed E-state index contributed by atoms with van der Waals surface area (Å²) in [5, 5.41) is 9.84. The molecule has 2 bridgehead atoms. The molecule has 98 valence electrons. The summed E-state index contributed by atoms with van der Waals surface area (Å²) in [6.45, 7) is 0.562. The number of nitrogens with zero attached hydrogens (tertiary/aromatic N) is 1. The molecule has 2 atom stereocenters. The molecule has 3 N–H and O–H groups in total. The number of rotatable bonds is 2. The maximum absolute atomic E-state index is 9.84. The van der Waals surface area contributed by atoms with E-state index in [4.69, 9.17) is 5.73 Å². The minimum Gasteiger partial charge on any atom is -0.393 e. The number of hydrogen-bond acceptors (Lipinski definition) is 3. The van der Waals surface area contributed by atoms with E-state index < -0.39 is 0 Å². The van der Waals surface area contributed by atoms with E-state index >= 15 is 0 Å². The van der Waals surface area contributed by atoms with Crippen LogP contribution in [-0.4, -0.2) is 23.3 Å². The van der Waals surface area contributed by atoms with Gasteiger partial charge in [0.25, 0.3) is 0 Å². The Kier molecular flexibility index (Phi) is 3.34. The molecule has 2 fully saturated rings. The van der Waals surface area contributed by atoms with Crippen molar-refractivity contribution in [3.05, 3.63) is 28.2 Å². The average molecular weight is 311 g/mol. The van der Waals surface area contributed by atoms with Crippen LogP contribution in [0.5, 0.6) is 0 Å². The summed E-state index contributed by atoms with van der Waals surface area (Å²) in [6.07, 6.45) is 4.13. The van der Waals surface area contributed by atoms with Crippen LogP contribution in [0.25, 0.3) is 0 Å². The van der Waals surface area contributed by atoms with Crippen LogP contribution in [0.2, 0.25) is 0 Å². The smallest absolute Gasteiger partial charge is 0.0579 e. The van der Waals surface area contributed by atoms with Gasteiger partial charge in [0.2, 0.25) is 0 Å². The van der Waals surface area contributed by atoms with Crippen LogP contribution in [0.15, 0.2) is 22.7 Å². The minimum atomic E-state index is -0.106. The van der Waals surface area contributed by atoms with E-state index in [2.05, 4.69) is 39.0 Å². The third-order valence-corrected chi connectivity index (χ3v) is 5.00. The van der Waals surface area contributed by atoms with Crippen LogP contribution in [0, 0.1) is 0 Å². The molecule has 2 unspecified atom stereocenters. The minimum absolute atomic E-state index is 0.106. The number of piperidine rings is 1. The summed E-state index contributed by atoms with van der Waals surface area (Å²) in [7, 11) is 0. The molecule has 0 aromatic heterocycles. The number of hydrogen-bond donors (Lipinski definition) is 2. The van der Waals surface area contributed by atoms with Crippen molar-refractivity contribution in [3.8, 4) is 0 Å². The third-order valence-electron chi connectivity index (χ3n) is 4.26. The quantitative estimate of drug-likeness (QED) is 0.882. The lowest BCUT2D eigenvalue weighted by Gasteiger charge is -2.39. The molecule has 0 aliphatic carbocycles. The Labute approximate surface area is 116 Å². The monoisotopic (exact) mass is 310 g/mol. The summed E-state index contributed by atoms with van der Waals surface area (Å²) in [6, 6.07) is 7.45. The molecule has 2 saturated heterocycles. The molecule has 2 aliphatic rings. The van der Waals surface area contributed by atoms with Crippen molar-refractivity contribution in [2.45, 2.75) is 50.4 Å². The van der Waals surface area contributed by atoms with Gasteiger partial charge < -0.3 is 15.7 Å². The van der Waals surface area contributed by atoms with E-state index in [0.29, 0.717) is 18.6 Å². The van der Waals surface area contributed by atoms with Crippen LogP contribution >= 0.6 is 15.9 Å². The highest BCUT2D eigenvalue weighted by Gasteiger charge is 2.40. The highest BCUT2D eigenvalue weighted by Crippen LogP contribution is 2.40. The number of aliphatic hydroxyl groups excluding tert-OH is 1.